The van der Waals surface area contributed by atoms with Crippen molar-refractivity contribution in [1.29, 1.82) is 0 Å². The van der Waals surface area contributed by atoms with Gasteiger partial charge in [-0.05, 0) is 43.2 Å². The van der Waals surface area contributed by atoms with Gasteiger partial charge in [-0.1, -0.05) is 37.3 Å². The zero-order chi connectivity index (χ0) is 15.8. The topological polar surface area (TPSA) is 53.5 Å². The van der Waals surface area contributed by atoms with Crippen LogP contribution in [0.5, 0.6) is 0 Å². The molecule has 0 bridgehead atoms. The average molecular weight is 295 g/mol. The van der Waals surface area contributed by atoms with Crippen molar-refractivity contribution in [2.75, 3.05) is 10.7 Å². The summed E-state index contributed by atoms with van der Waals surface area (Å²) in [6, 6.07) is 17.5. The number of rotatable bonds is 6. The van der Waals surface area contributed by atoms with Crippen molar-refractivity contribution in [1.82, 2.24) is 0 Å². The lowest BCUT2D eigenvalue weighted by Gasteiger charge is -2.06. The maximum atomic E-state index is 12.0. The summed E-state index contributed by atoms with van der Waals surface area (Å²) in [6.45, 7) is 3.93. The highest BCUT2D eigenvalue weighted by molar-refractivity contribution is 6.05. The zero-order valence-corrected chi connectivity index (χ0v) is 13.0. The number of carbonyl (C=O) groups excluding carboxylic acids is 1. The highest BCUT2D eigenvalue weighted by Gasteiger charge is 2.04. The second-order valence-corrected chi connectivity index (χ2v) is 5.10. The van der Waals surface area contributed by atoms with Gasteiger partial charge in [0, 0.05) is 11.4 Å². The Balaban J connectivity index is 1.85. The number of hydrogen-bond acceptors (Lipinski definition) is 3. The van der Waals surface area contributed by atoms with E-state index < -0.39 is 0 Å². The monoisotopic (exact) mass is 295 g/mol. The summed E-state index contributed by atoms with van der Waals surface area (Å²) in [4.78, 5) is 12.0. The quantitative estimate of drug-likeness (QED) is 0.623. The van der Waals surface area contributed by atoms with Crippen LogP contribution in [0.25, 0.3) is 0 Å². The number of nitrogens with one attached hydrogen (secondary N) is 2. The molecule has 2 aromatic carbocycles. The number of nitrogens with zero attached hydrogens (tertiary/aromatic N) is 1. The molecule has 0 heterocycles. The summed E-state index contributed by atoms with van der Waals surface area (Å²) < 4.78 is 0. The van der Waals surface area contributed by atoms with Crippen LogP contribution < -0.4 is 10.7 Å². The predicted molar refractivity (Wildman–Crippen MR) is 92.2 cm³/mol. The Morgan fingerprint density at radius 1 is 1.00 bits per heavy atom. The van der Waals surface area contributed by atoms with E-state index in [1.807, 2.05) is 61.5 Å². The SMILES string of the molecule is CCc1ccc(NC(=O)C/C(C)=N\Nc2ccccc2)cc1. The van der Waals surface area contributed by atoms with E-state index in [1.165, 1.54) is 5.56 Å². The van der Waals surface area contributed by atoms with Crippen molar-refractivity contribution in [3.05, 3.63) is 60.2 Å². The molecule has 2 aromatic rings. The van der Waals surface area contributed by atoms with Crippen LogP contribution in [0.15, 0.2) is 59.7 Å². The molecular formula is C18H21N3O. The highest BCUT2D eigenvalue weighted by atomic mass is 16.1. The van der Waals surface area contributed by atoms with Gasteiger partial charge in [0.15, 0.2) is 0 Å². The molecule has 0 saturated carbocycles. The van der Waals surface area contributed by atoms with Gasteiger partial charge in [0.2, 0.25) is 5.91 Å². The van der Waals surface area contributed by atoms with Crippen LogP contribution in [0.3, 0.4) is 0 Å². The second kappa shape index (κ2) is 7.98. The first-order valence-electron chi connectivity index (χ1n) is 7.40. The Morgan fingerprint density at radius 2 is 1.68 bits per heavy atom. The average Bonchev–Trinajstić information content (AvgIpc) is 2.54. The number of para-hydroxylation sites is 1. The molecule has 0 unspecified atom stereocenters. The lowest BCUT2D eigenvalue weighted by Crippen LogP contribution is -2.15. The number of hydrogen-bond donors (Lipinski definition) is 2. The van der Waals surface area contributed by atoms with Crippen LogP contribution in [-0.4, -0.2) is 11.6 Å². The van der Waals surface area contributed by atoms with Crippen LogP contribution in [0.2, 0.25) is 0 Å². The minimum Gasteiger partial charge on any atom is -0.326 e. The van der Waals surface area contributed by atoms with Crippen molar-refractivity contribution in [2.45, 2.75) is 26.7 Å². The fourth-order valence-electron chi connectivity index (χ4n) is 1.97. The largest absolute Gasteiger partial charge is 0.326 e. The van der Waals surface area contributed by atoms with E-state index in [1.54, 1.807) is 0 Å². The van der Waals surface area contributed by atoms with E-state index in [0.29, 0.717) is 0 Å². The Morgan fingerprint density at radius 3 is 2.32 bits per heavy atom. The van der Waals surface area contributed by atoms with E-state index in [2.05, 4.69) is 22.8 Å². The van der Waals surface area contributed by atoms with E-state index in [-0.39, 0.29) is 12.3 Å². The summed E-state index contributed by atoms with van der Waals surface area (Å²) in [7, 11) is 0. The molecule has 0 saturated heterocycles. The number of carbonyl (C=O) groups is 1. The maximum absolute atomic E-state index is 12.0. The summed E-state index contributed by atoms with van der Waals surface area (Å²) in [5.74, 6) is -0.0691. The number of aryl methyl sites for hydroxylation is 1. The van der Waals surface area contributed by atoms with E-state index >= 15 is 0 Å². The molecule has 22 heavy (non-hydrogen) atoms. The molecule has 4 heteroatoms. The molecule has 0 aliphatic heterocycles. The zero-order valence-electron chi connectivity index (χ0n) is 13.0. The highest BCUT2D eigenvalue weighted by Crippen LogP contribution is 2.10. The van der Waals surface area contributed by atoms with Crippen molar-refractivity contribution < 1.29 is 4.79 Å². The molecule has 114 valence electrons. The first kappa shape index (κ1) is 15.8. The third-order valence-corrected chi connectivity index (χ3v) is 3.21. The molecule has 0 spiro atoms. The Kier molecular flexibility index (Phi) is 5.72. The summed E-state index contributed by atoms with van der Waals surface area (Å²) >= 11 is 0. The number of benzene rings is 2. The van der Waals surface area contributed by atoms with Gasteiger partial charge < -0.3 is 5.32 Å². The molecule has 0 aliphatic carbocycles. The van der Waals surface area contributed by atoms with E-state index in [4.69, 9.17) is 0 Å². The molecule has 4 nitrogen and oxygen atoms in total. The molecule has 0 aromatic heterocycles. The molecule has 0 radical (unpaired) electrons. The second-order valence-electron chi connectivity index (χ2n) is 5.10. The molecule has 2 N–H and O–H groups in total. The first-order chi connectivity index (χ1) is 10.7. The normalized spacial score (nSPS) is 11.1. The van der Waals surface area contributed by atoms with Gasteiger partial charge in [0.05, 0.1) is 12.1 Å². The van der Waals surface area contributed by atoms with Crippen LogP contribution in [-0.2, 0) is 11.2 Å². The van der Waals surface area contributed by atoms with Crippen molar-refractivity contribution in [3.8, 4) is 0 Å². The standard InChI is InChI=1S/C18H21N3O/c1-3-15-9-11-16(12-10-15)19-18(22)13-14(2)20-21-17-7-5-4-6-8-17/h4-12,21H,3,13H2,1-2H3,(H,19,22)/b20-14-. The van der Waals surface area contributed by atoms with Crippen molar-refractivity contribution >= 4 is 23.0 Å². The third-order valence-electron chi connectivity index (χ3n) is 3.21. The maximum Gasteiger partial charge on any atom is 0.230 e. The van der Waals surface area contributed by atoms with Gasteiger partial charge in [-0.2, -0.15) is 5.10 Å². The minimum atomic E-state index is -0.0691. The fourth-order valence-corrected chi connectivity index (χ4v) is 1.97. The van der Waals surface area contributed by atoms with Crippen LogP contribution in [0.4, 0.5) is 11.4 Å². The van der Waals surface area contributed by atoms with E-state index in [0.717, 1.165) is 23.5 Å². The lowest BCUT2D eigenvalue weighted by molar-refractivity contribution is -0.115. The Labute approximate surface area is 131 Å². The molecule has 2 rings (SSSR count). The fraction of sp³-hybridized carbons (Fsp3) is 0.222. The molecular weight excluding hydrogens is 274 g/mol. The first-order valence-corrected chi connectivity index (χ1v) is 7.40. The minimum absolute atomic E-state index is 0.0691. The van der Waals surface area contributed by atoms with Gasteiger partial charge in [0.1, 0.15) is 0 Å². The smallest absolute Gasteiger partial charge is 0.230 e. The van der Waals surface area contributed by atoms with Crippen LogP contribution >= 0.6 is 0 Å². The predicted octanol–water partition coefficient (Wildman–Crippen LogP) is 4.07. The number of amides is 1. The molecule has 0 atom stereocenters. The van der Waals surface area contributed by atoms with Crippen molar-refractivity contribution in [3.63, 3.8) is 0 Å². The summed E-state index contributed by atoms with van der Waals surface area (Å²) in [5.41, 5.74) is 6.63. The Bertz CT molecular complexity index is 633. The number of hydrazone groups is 1. The third kappa shape index (κ3) is 5.05. The summed E-state index contributed by atoms with van der Waals surface area (Å²) in [6.07, 6.45) is 1.25. The van der Waals surface area contributed by atoms with E-state index in [9.17, 15) is 4.79 Å². The number of anilines is 2. The molecule has 0 aliphatic rings. The van der Waals surface area contributed by atoms with Crippen LogP contribution in [0, 0.1) is 0 Å². The van der Waals surface area contributed by atoms with Gasteiger partial charge >= 0.3 is 0 Å². The summed E-state index contributed by atoms with van der Waals surface area (Å²) in [5, 5.41) is 7.08. The lowest BCUT2D eigenvalue weighted by atomic mass is 10.1. The Hall–Kier alpha value is -2.62. The van der Waals surface area contributed by atoms with Crippen molar-refractivity contribution in [2.24, 2.45) is 5.10 Å². The van der Waals surface area contributed by atoms with Gasteiger partial charge in [-0.25, -0.2) is 0 Å². The van der Waals surface area contributed by atoms with Gasteiger partial charge in [-0.3, -0.25) is 10.2 Å². The van der Waals surface area contributed by atoms with Gasteiger partial charge in [0.25, 0.3) is 0 Å². The molecule has 1 amide bonds. The van der Waals surface area contributed by atoms with Gasteiger partial charge in [-0.15, -0.1) is 0 Å². The molecule has 0 fully saturated rings. The van der Waals surface area contributed by atoms with Crippen LogP contribution in [0.1, 0.15) is 25.8 Å².